The van der Waals surface area contributed by atoms with Crippen LogP contribution in [0.15, 0.2) is 18.2 Å². The second-order valence-electron chi connectivity index (χ2n) is 4.61. The van der Waals surface area contributed by atoms with Crippen molar-refractivity contribution >= 4 is 5.91 Å². The first kappa shape index (κ1) is 15.5. The van der Waals surface area contributed by atoms with Gasteiger partial charge in [0.2, 0.25) is 5.91 Å². The van der Waals surface area contributed by atoms with Gasteiger partial charge < -0.3 is 20.5 Å². The summed E-state index contributed by atoms with van der Waals surface area (Å²) < 4.78 is 5.29. The molecular weight excluding hydrogens is 244 g/mol. The van der Waals surface area contributed by atoms with Crippen LogP contribution in [0.4, 0.5) is 0 Å². The lowest BCUT2D eigenvalue weighted by Crippen LogP contribution is -2.44. The Hall–Kier alpha value is -1.59. The van der Waals surface area contributed by atoms with Gasteiger partial charge in [0.1, 0.15) is 11.8 Å². The monoisotopic (exact) mass is 266 g/mol. The number of likely N-dealkylation sites (N-methyl/N-ethyl adjacent to an activating group) is 1. The molecule has 0 aromatic heterocycles. The number of aryl methyl sites for hydroxylation is 1. The van der Waals surface area contributed by atoms with Crippen LogP contribution in [-0.2, 0) is 11.2 Å². The van der Waals surface area contributed by atoms with Gasteiger partial charge in [-0.1, -0.05) is 17.7 Å². The van der Waals surface area contributed by atoms with E-state index in [1.165, 1.54) is 4.90 Å². The van der Waals surface area contributed by atoms with Gasteiger partial charge in [0.25, 0.3) is 0 Å². The third-order valence-electron chi connectivity index (χ3n) is 3.04. The van der Waals surface area contributed by atoms with Crippen LogP contribution >= 0.6 is 0 Å². The summed E-state index contributed by atoms with van der Waals surface area (Å²) in [6.07, 6.45) is 0.686. The molecule has 0 bridgehead atoms. The van der Waals surface area contributed by atoms with Crippen molar-refractivity contribution in [2.24, 2.45) is 5.73 Å². The van der Waals surface area contributed by atoms with E-state index in [-0.39, 0.29) is 12.5 Å². The average Bonchev–Trinajstić information content (AvgIpc) is 2.43. The summed E-state index contributed by atoms with van der Waals surface area (Å²) in [5.74, 6) is 0.562. The number of hydrogen-bond acceptors (Lipinski definition) is 4. The van der Waals surface area contributed by atoms with Crippen molar-refractivity contribution in [1.82, 2.24) is 4.90 Å². The minimum absolute atomic E-state index is 0.255. The molecule has 5 nitrogen and oxygen atoms in total. The Balaban J connectivity index is 2.66. The molecule has 0 heterocycles. The van der Waals surface area contributed by atoms with Gasteiger partial charge >= 0.3 is 0 Å². The van der Waals surface area contributed by atoms with E-state index in [4.69, 9.17) is 15.6 Å². The highest BCUT2D eigenvalue weighted by molar-refractivity contribution is 5.81. The third kappa shape index (κ3) is 4.22. The summed E-state index contributed by atoms with van der Waals surface area (Å²) in [5.41, 5.74) is 7.71. The highest BCUT2D eigenvalue weighted by Gasteiger charge is 2.17. The van der Waals surface area contributed by atoms with Gasteiger partial charge in [-0.15, -0.1) is 0 Å². The molecule has 0 aliphatic heterocycles. The van der Waals surface area contributed by atoms with Crippen molar-refractivity contribution in [1.29, 1.82) is 0 Å². The van der Waals surface area contributed by atoms with E-state index in [9.17, 15) is 4.79 Å². The summed E-state index contributed by atoms with van der Waals surface area (Å²) in [5, 5.41) is 8.87. The number of carbonyl (C=O) groups is 1. The molecule has 1 aromatic carbocycles. The molecule has 0 aliphatic carbocycles. The number of hydrogen-bond donors (Lipinski definition) is 2. The first-order valence-corrected chi connectivity index (χ1v) is 6.24. The number of rotatable bonds is 6. The van der Waals surface area contributed by atoms with Crippen molar-refractivity contribution in [3.05, 3.63) is 29.3 Å². The molecule has 0 saturated heterocycles. The maximum atomic E-state index is 11.7. The fourth-order valence-corrected chi connectivity index (χ4v) is 1.86. The largest absolute Gasteiger partial charge is 0.496 e. The molecule has 0 saturated carbocycles. The first-order valence-electron chi connectivity index (χ1n) is 6.24. The predicted molar refractivity (Wildman–Crippen MR) is 74.1 cm³/mol. The highest BCUT2D eigenvalue weighted by atomic mass is 16.5. The second kappa shape index (κ2) is 7.11. The van der Waals surface area contributed by atoms with E-state index in [1.807, 2.05) is 25.1 Å². The summed E-state index contributed by atoms with van der Waals surface area (Å²) in [7, 11) is 3.31. The van der Waals surface area contributed by atoms with Gasteiger partial charge in [-0.25, -0.2) is 0 Å². The minimum Gasteiger partial charge on any atom is -0.496 e. The summed E-state index contributed by atoms with van der Waals surface area (Å²) in [4.78, 5) is 13.3. The quantitative estimate of drug-likeness (QED) is 0.777. The molecule has 1 rings (SSSR count). The van der Waals surface area contributed by atoms with Crippen molar-refractivity contribution < 1.29 is 14.6 Å². The number of aliphatic hydroxyl groups is 1. The molecule has 1 amide bonds. The Bertz CT molecular complexity index is 435. The lowest BCUT2D eigenvalue weighted by Gasteiger charge is -2.20. The van der Waals surface area contributed by atoms with Crippen LogP contribution in [0.25, 0.3) is 0 Å². The maximum Gasteiger partial charge on any atom is 0.241 e. The Morgan fingerprint density at radius 1 is 1.53 bits per heavy atom. The van der Waals surface area contributed by atoms with E-state index in [1.54, 1.807) is 14.2 Å². The molecule has 5 heteroatoms. The van der Waals surface area contributed by atoms with Crippen molar-refractivity contribution in [3.63, 3.8) is 0 Å². The fourth-order valence-electron chi connectivity index (χ4n) is 1.86. The maximum absolute atomic E-state index is 11.7. The summed E-state index contributed by atoms with van der Waals surface area (Å²) in [6.45, 7) is 2.21. The molecule has 0 radical (unpaired) electrons. The van der Waals surface area contributed by atoms with Crippen LogP contribution in [0.3, 0.4) is 0 Å². The summed E-state index contributed by atoms with van der Waals surface area (Å²) >= 11 is 0. The van der Waals surface area contributed by atoms with Crippen LogP contribution in [0.2, 0.25) is 0 Å². The molecule has 1 atom stereocenters. The second-order valence-corrected chi connectivity index (χ2v) is 4.61. The van der Waals surface area contributed by atoms with E-state index < -0.39 is 6.04 Å². The molecule has 3 N–H and O–H groups in total. The minimum atomic E-state index is -0.843. The Morgan fingerprint density at radius 2 is 2.21 bits per heavy atom. The van der Waals surface area contributed by atoms with Gasteiger partial charge in [0.15, 0.2) is 0 Å². The van der Waals surface area contributed by atoms with Gasteiger partial charge in [-0.3, -0.25) is 4.79 Å². The third-order valence-corrected chi connectivity index (χ3v) is 3.04. The zero-order valence-corrected chi connectivity index (χ0v) is 11.7. The van der Waals surface area contributed by atoms with Crippen LogP contribution in [-0.4, -0.2) is 49.3 Å². The standard InChI is InChI=1S/C14H22N2O3/c1-10-4-5-13(19-3)11(8-10)6-7-16(2)14(18)12(15)9-17/h4-5,8,12,17H,6-7,9,15H2,1-3H3. The Kier molecular flexibility index (Phi) is 5.79. The van der Waals surface area contributed by atoms with E-state index in [2.05, 4.69) is 0 Å². The number of benzene rings is 1. The van der Waals surface area contributed by atoms with E-state index in [0.29, 0.717) is 13.0 Å². The van der Waals surface area contributed by atoms with Crippen LogP contribution in [0.5, 0.6) is 5.75 Å². The Morgan fingerprint density at radius 3 is 2.79 bits per heavy atom. The number of amides is 1. The molecular formula is C14H22N2O3. The van der Waals surface area contributed by atoms with Crippen molar-refractivity contribution in [2.75, 3.05) is 27.3 Å². The normalized spacial score (nSPS) is 12.1. The predicted octanol–water partition coefficient (Wildman–Crippen LogP) is 0.324. The molecule has 0 aliphatic rings. The van der Waals surface area contributed by atoms with Gasteiger partial charge in [-0.2, -0.15) is 0 Å². The van der Waals surface area contributed by atoms with Crippen LogP contribution in [0, 0.1) is 6.92 Å². The van der Waals surface area contributed by atoms with Crippen LogP contribution in [0.1, 0.15) is 11.1 Å². The smallest absolute Gasteiger partial charge is 0.241 e. The number of ether oxygens (including phenoxy) is 1. The first-order chi connectivity index (χ1) is 8.99. The number of nitrogens with zero attached hydrogens (tertiary/aromatic N) is 1. The molecule has 0 fully saturated rings. The summed E-state index contributed by atoms with van der Waals surface area (Å²) in [6, 6.07) is 5.11. The van der Waals surface area contributed by atoms with E-state index >= 15 is 0 Å². The lowest BCUT2D eigenvalue weighted by molar-refractivity contribution is -0.132. The average molecular weight is 266 g/mol. The number of nitrogens with two attached hydrogens (primary N) is 1. The molecule has 1 aromatic rings. The SMILES string of the molecule is COc1ccc(C)cc1CCN(C)C(=O)C(N)CO. The topological polar surface area (TPSA) is 75.8 Å². The molecule has 19 heavy (non-hydrogen) atoms. The molecule has 106 valence electrons. The number of methoxy groups -OCH3 is 1. The molecule has 1 unspecified atom stereocenters. The van der Waals surface area contributed by atoms with Gasteiger partial charge in [-0.05, 0) is 25.0 Å². The zero-order valence-electron chi connectivity index (χ0n) is 11.7. The van der Waals surface area contributed by atoms with Crippen molar-refractivity contribution in [3.8, 4) is 5.75 Å². The van der Waals surface area contributed by atoms with E-state index in [0.717, 1.165) is 16.9 Å². The molecule has 0 spiro atoms. The van der Waals surface area contributed by atoms with Gasteiger partial charge in [0, 0.05) is 13.6 Å². The lowest BCUT2D eigenvalue weighted by atomic mass is 10.1. The van der Waals surface area contributed by atoms with Crippen molar-refractivity contribution in [2.45, 2.75) is 19.4 Å². The number of carbonyl (C=O) groups excluding carboxylic acids is 1. The van der Waals surface area contributed by atoms with Gasteiger partial charge in [0.05, 0.1) is 13.7 Å². The fraction of sp³-hybridized carbons (Fsp3) is 0.500. The zero-order chi connectivity index (χ0) is 14.4. The number of aliphatic hydroxyl groups excluding tert-OH is 1. The Labute approximate surface area is 114 Å². The highest BCUT2D eigenvalue weighted by Crippen LogP contribution is 2.20. The van der Waals surface area contributed by atoms with Crippen LogP contribution < -0.4 is 10.5 Å².